The van der Waals surface area contributed by atoms with Gasteiger partial charge in [-0.3, -0.25) is 67.5 Å². The quantitative estimate of drug-likeness (QED) is 0.00735. The molecule has 11 atom stereocenters. The van der Waals surface area contributed by atoms with Crippen LogP contribution in [0.25, 0.3) is 11.0 Å². The van der Waals surface area contributed by atoms with E-state index in [1.807, 2.05) is 6.92 Å². The van der Waals surface area contributed by atoms with Gasteiger partial charge < -0.3 is 117 Å². The Balaban J connectivity index is 2.43. The van der Waals surface area contributed by atoms with Crippen molar-refractivity contribution in [2.45, 2.75) is 211 Å². The van der Waals surface area contributed by atoms with Gasteiger partial charge in [-0.05, 0) is 129 Å². The Morgan fingerprint density at radius 2 is 0.980 bits per heavy atom. The summed E-state index contributed by atoms with van der Waals surface area (Å²) in [5, 5.41) is 49.5. The predicted octanol–water partition coefficient (Wildman–Crippen LogP) is -5.28. The maximum Gasteiger partial charge on any atom is 0.513 e. The summed E-state index contributed by atoms with van der Waals surface area (Å²) < 4.78 is 15.6. The Morgan fingerprint density at radius 1 is 0.520 bits per heavy atom. The minimum Gasteiger partial charge on any atom is -0.434 e. The second-order valence-corrected chi connectivity index (χ2v) is 23.6. The maximum atomic E-state index is 14.3. The fourth-order valence-corrected chi connectivity index (χ4v) is 9.48. The van der Waals surface area contributed by atoms with E-state index in [9.17, 15) is 77.3 Å². The number of nitrogens with zero attached hydrogens (tertiary/aromatic N) is 2. The number of hydrogen-bond acceptors (Lipinski definition) is 22. The number of carbonyl (C=O) groups excluding carboxylic acids is 13. The molecule has 0 unspecified atom stereocenters. The van der Waals surface area contributed by atoms with E-state index in [1.54, 1.807) is 0 Å². The highest BCUT2D eigenvalue weighted by molar-refractivity contribution is 5.99. The number of unbranched alkanes of at least 4 members (excludes halogenated alkanes) is 3. The molecule has 100 heavy (non-hydrogen) atoms. The van der Waals surface area contributed by atoms with Gasteiger partial charge in [-0.1, -0.05) is 13.3 Å². The fourth-order valence-electron chi connectivity index (χ4n) is 9.48. The van der Waals surface area contributed by atoms with Crippen molar-refractivity contribution in [3.05, 3.63) is 40.2 Å². The smallest absolute Gasteiger partial charge is 0.434 e. The summed E-state index contributed by atoms with van der Waals surface area (Å²) in [7, 11) is 0. The molecule has 1 aromatic carbocycles. The van der Waals surface area contributed by atoms with Gasteiger partial charge in [-0.25, -0.2) is 9.59 Å². The summed E-state index contributed by atoms with van der Waals surface area (Å²) in [6.45, 7) is 9.40. The van der Waals surface area contributed by atoms with Crippen LogP contribution >= 0.6 is 0 Å². The molecule has 0 aliphatic rings. The molecule has 12 amide bonds. The van der Waals surface area contributed by atoms with Gasteiger partial charge in [0.2, 0.25) is 70.9 Å². The number of carbonyl (C=O) groups is 13. The summed E-state index contributed by atoms with van der Waals surface area (Å²) in [5.41, 5.74) is 32.6. The summed E-state index contributed by atoms with van der Waals surface area (Å²) in [5.74, 6) is -11.3. The van der Waals surface area contributed by atoms with Crippen molar-refractivity contribution >= 4 is 99.9 Å². The van der Waals surface area contributed by atoms with E-state index in [-0.39, 0.29) is 120 Å². The third-order valence-corrected chi connectivity index (χ3v) is 14.8. The Labute approximate surface area is 577 Å². The lowest BCUT2D eigenvalue weighted by atomic mass is 10.0. The molecule has 0 spiro atoms. The first kappa shape index (κ1) is 85.8. The number of rotatable bonds is 46. The fraction of sp³-hybridized carbons (Fsp3) is 0.613. The van der Waals surface area contributed by atoms with Gasteiger partial charge in [-0.2, -0.15) is 0 Å². The van der Waals surface area contributed by atoms with Crippen LogP contribution in [0.2, 0.25) is 0 Å². The number of ether oxygens (including phenoxy) is 2. The molecule has 38 heteroatoms. The van der Waals surface area contributed by atoms with Crippen molar-refractivity contribution in [2.24, 2.45) is 44.4 Å². The van der Waals surface area contributed by atoms with Crippen molar-refractivity contribution in [3.63, 3.8) is 0 Å². The van der Waals surface area contributed by atoms with Crippen LogP contribution in [-0.2, 0) is 68.8 Å². The zero-order chi connectivity index (χ0) is 75.2. The number of amides is 12. The van der Waals surface area contributed by atoms with E-state index >= 15 is 0 Å². The molecular formula is C62H101N19O19. The molecule has 1 aromatic heterocycles. The average Bonchev–Trinajstić information content (AvgIpc) is 0.805. The second kappa shape index (κ2) is 45.4. The van der Waals surface area contributed by atoms with Crippen LogP contribution in [0, 0.1) is 0 Å². The van der Waals surface area contributed by atoms with Gasteiger partial charge in [0.15, 0.2) is 11.9 Å². The number of fused-ring (bicyclic) bond motifs is 1. The first-order valence-corrected chi connectivity index (χ1v) is 32.8. The zero-order valence-electron chi connectivity index (χ0n) is 57.5. The Kier molecular flexibility index (Phi) is 38.9. The number of aliphatic imine (C=N–C) groups is 2. The van der Waals surface area contributed by atoms with Gasteiger partial charge in [0.1, 0.15) is 65.7 Å². The van der Waals surface area contributed by atoms with E-state index < -0.39 is 156 Å². The lowest BCUT2D eigenvalue weighted by Crippen LogP contribution is -2.62. The van der Waals surface area contributed by atoms with Gasteiger partial charge in [0.25, 0.3) is 0 Å². The molecule has 38 nitrogen and oxygen atoms in total. The molecule has 0 radical (unpaired) electrons. The van der Waals surface area contributed by atoms with Crippen LogP contribution in [0.1, 0.15) is 144 Å². The summed E-state index contributed by atoms with van der Waals surface area (Å²) >= 11 is 0. The van der Waals surface area contributed by atoms with Crippen molar-refractivity contribution in [1.82, 2.24) is 58.5 Å². The molecule has 2 aromatic rings. The molecule has 0 saturated carbocycles. The third-order valence-electron chi connectivity index (χ3n) is 14.8. The monoisotopic (exact) mass is 1420 g/mol. The van der Waals surface area contributed by atoms with Crippen LogP contribution < -0.4 is 103 Å². The molecule has 25 N–H and O–H groups in total. The molecule has 0 bridgehead atoms. The van der Waals surface area contributed by atoms with Crippen molar-refractivity contribution < 1.29 is 86.4 Å². The van der Waals surface area contributed by atoms with Crippen LogP contribution in [0.5, 0.6) is 5.75 Å². The van der Waals surface area contributed by atoms with Crippen LogP contribution in [0.4, 0.5) is 4.79 Å². The Morgan fingerprint density at radius 3 is 1.46 bits per heavy atom. The number of nitrogens with one attached hydrogen (secondary N) is 11. The van der Waals surface area contributed by atoms with Gasteiger partial charge in [0.05, 0.1) is 18.8 Å². The average molecular weight is 1420 g/mol. The molecule has 2 rings (SSSR count). The van der Waals surface area contributed by atoms with Crippen LogP contribution in [-0.4, -0.2) is 199 Å². The number of primary amides is 1. The summed E-state index contributed by atoms with van der Waals surface area (Å²) in [4.78, 5) is 194. The van der Waals surface area contributed by atoms with E-state index in [1.165, 1.54) is 45.9 Å². The molecule has 0 aliphatic carbocycles. The number of aliphatic hydroxyl groups is 2. The summed E-state index contributed by atoms with van der Waals surface area (Å²) in [6, 6.07) is -8.46. The highest BCUT2D eigenvalue weighted by Crippen LogP contribution is 2.24. The number of benzene rings is 1. The first-order valence-electron chi connectivity index (χ1n) is 32.8. The molecule has 558 valence electrons. The minimum absolute atomic E-state index is 0.0111. The highest BCUT2D eigenvalue weighted by Gasteiger charge is 2.37. The number of hydrogen-bond donors (Lipinski definition) is 19. The standard InChI is InChI=1S/C62H101N19O19/c1-8-9-28-98-62(97)99-39-20-21-40-38(29-48(87)100-46(40)30-39)31-72-53(90)41(16-10-12-24-63)77-55(92)43(18-14-26-70-60(65)66)75-52(89)33(3)74-58(95)49(34(4)82)80-57(94)45(22-23-47(64)86)78-54(91)42(17-11-13-25-69-36(6)84)79-59(96)50(35(5)83)81-56(93)44(19-15-27-71-61(67)68)76-51(88)32(2)73-37(7)85/h20-21,29-30,32-35,41-45,49-50,82-83H,8-19,22-28,31,63H2,1-7H3,(H2,64,86)(H,69,84)(H,72,90)(H,73,85)(H,74,95)(H,75,89)(H,76,88)(H,77,92)(H,78,91)(H,79,96)(H,80,94)(H,81,93)(H4,65,66,70)(H4,67,68,71)/t32-,33-,34+,35+,41-,42-,43-,44-,45-,49-,50-/m0/s1. The van der Waals surface area contributed by atoms with E-state index in [2.05, 4.69) is 68.5 Å². The largest absolute Gasteiger partial charge is 0.513 e. The Hall–Kier alpha value is -10.2. The van der Waals surface area contributed by atoms with Gasteiger partial charge >= 0.3 is 11.8 Å². The summed E-state index contributed by atoms with van der Waals surface area (Å²) in [6.07, 6.45) is -3.16. The predicted molar refractivity (Wildman–Crippen MR) is 363 cm³/mol. The van der Waals surface area contributed by atoms with Crippen molar-refractivity contribution in [1.29, 1.82) is 0 Å². The van der Waals surface area contributed by atoms with Crippen molar-refractivity contribution in [2.75, 3.05) is 32.8 Å². The van der Waals surface area contributed by atoms with E-state index in [4.69, 9.17) is 48.3 Å². The number of aliphatic hydroxyl groups excluding tert-OH is 2. The molecule has 0 aliphatic heterocycles. The second-order valence-electron chi connectivity index (χ2n) is 23.6. The van der Waals surface area contributed by atoms with Gasteiger partial charge in [0, 0.05) is 64.0 Å². The SMILES string of the molecule is CCCCOC(=O)Oc1ccc2c(CNC(=O)[C@H](CCCCN)NC(=O)[C@H](CCCN=C(N)N)NC(=O)[C@H](C)NC(=O)[C@@H](NC(=O)[C@H](CCC(N)=O)NC(=O)[C@H](CCCCNC(C)=O)NC(=O)[C@@H](NC(=O)[C@H](CCCN=C(N)N)NC(=O)[C@H](C)NC(C)=O)[C@@H](C)O)[C@@H](C)O)cc(=O)oc2c1. The van der Waals surface area contributed by atoms with E-state index in [0.717, 1.165) is 26.3 Å². The third kappa shape index (κ3) is 33.3. The zero-order valence-corrected chi connectivity index (χ0v) is 57.5. The lowest BCUT2D eigenvalue weighted by Gasteiger charge is -2.29. The van der Waals surface area contributed by atoms with Crippen LogP contribution in [0.15, 0.2) is 43.5 Å². The van der Waals surface area contributed by atoms with Crippen LogP contribution in [0.3, 0.4) is 0 Å². The molecule has 0 fully saturated rings. The first-order chi connectivity index (χ1) is 47.2. The van der Waals surface area contributed by atoms with Crippen molar-refractivity contribution in [3.8, 4) is 5.75 Å². The molecule has 1 heterocycles. The molecular weight excluding hydrogens is 1310 g/mol. The van der Waals surface area contributed by atoms with Gasteiger partial charge in [-0.15, -0.1) is 0 Å². The molecule has 0 saturated heterocycles. The van der Waals surface area contributed by atoms with E-state index in [0.29, 0.717) is 30.2 Å². The highest BCUT2D eigenvalue weighted by atomic mass is 16.7. The maximum absolute atomic E-state index is 14.3. The number of guanidine groups is 2. The Bertz CT molecular complexity index is 3230. The minimum atomic E-state index is -1.91. The topological polar surface area (TPSA) is 624 Å². The number of nitrogens with two attached hydrogens (primary N) is 6. The normalized spacial score (nSPS) is 14.2. The lowest BCUT2D eigenvalue weighted by molar-refractivity contribution is -0.137.